The first-order valence-corrected chi connectivity index (χ1v) is 8.79. The van der Waals surface area contributed by atoms with E-state index >= 15 is 0 Å². The number of nitrogens with one attached hydrogen (secondary N) is 1. The van der Waals surface area contributed by atoms with Gasteiger partial charge >= 0.3 is 0 Å². The van der Waals surface area contributed by atoms with E-state index in [-0.39, 0.29) is 0 Å². The van der Waals surface area contributed by atoms with Crippen LogP contribution in [-0.4, -0.2) is 66.9 Å². The van der Waals surface area contributed by atoms with Crippen molar-refractivity contribution in [3.8, 4) is 5.75 Å². The van der Waals surface area contributed by atoms with Gasteiger partial charge in [0.15, 0.2) is 23.2 Å². The summed E-state index contributed by atoms with van der Waals surface area (Å²) in [7, 11) is 1.62. The highest BCUT2D eigenvalue weighted by Crippen LogP contribution is 2.32. The number of methoxy groups -OCH3 is 1. The third-order valence-electron chi connectivity index (χ3n) is 4.74. The molecule has 0 saturated carbocycles. The second-order valence-electron chi connectivity index (χ2n) is 6.48. The molecule has 0 bridgehead atoms. The monoisotopic (exact) mass is 387 g/mol. The predicted molar refractivity (Wildman–Crippen MR) is 98.7 cm³/mol. The Morgan fingerprint density at radius 3 is 2.82 bits per heavy atom. The second kappa shape index (κ2) is 7.68. The van der Waals surface area contributed by atoms with Crippen molar-refractivity contribution in [2.24, 2.45) is 0 Å². The molecule has 0 radical (unpaired) electrons. The summed E-state index contributed by atoms with van der Waals surface area (Å²) in [6.45, 7) is 0.105. The van der Waals surface area contributed by atoms with Crippen molar-refractivity contribution < 1.29 is 24.8 Å². The molecule has 0 amide bonds. The zero-order valence-corrected chi connectivity index (χ0v) is 15.1. The smallest absolute Gasteiger partial charge is 0.167 e. The van der Waals surface area contributed by atoms with Crippen LogP contribution >= 0.6 is 0 Å². The number of hydrogen-bond donors (Lipinski definition) is 4. The molecule has 2 aromatic heterocycles. The molecular weight excluding hydrogens is 366 g/mol. The van der Waals surface area contributed by atoms with Crippen molar-refractivity contribution in [2.45, 2.75) is 31.1 Å². The Hall–Kier alpha value is -2.79. The quantitative estimate of drug-likeness (QED) is 0.463. The first-order valence-electron chi connectivity index (χ1n) is 8.79. The molecule has 1 aromatic carbocycles. The summed E-state index contributed by atoms with van der Waals surface area (Å²) in [5, 5.41) is 32.7. The average molecular weight is 387 g/mol. The Kier molecular flexibility index (Phi) is 5.09. The van der Waals surface area contributed by atoms with Crippen LogP contribution in [-0.2, 0) is 11.3 Å². The van der Waals surface area contributed by atoms with Gasteiger partial charge in [-0.25, -0.2) is 15.0 Å². The summed E-state index contributed by atoms with van der Waals surface area (Å²) in [5.41, 5.74) is 1.95. The molecule has 0 spiro atoms. The summed E-state index contributed by atoms with van der Waals surface area (Å²) in [5.74, 6) is 1.29. The Morgan fingerprint density at radius 1 is 1.21 bits per heavy atom. The van der Waals surface area contributed by atoms with E-state index < -0.39 is 31.1 Å². The van der Waals surface area contributed by atoms with E-state index in [1.165, 1.54) is 17.2 Å². The first kappa shape index (κ1) is 18.6. The maximum Gasteiger partial charge on any atom is 0.167 e. The Morgan fingerprint density at radius 2 is 2.07 bits per heavy atom. The lowest BCUT2D eigenvalue weighted by molar-refractivity contribution is -0.0511. The lowest BCUT2D eigenvalue weighted by Crippen LogP contribution is -2.33. The van der Waals surface area contributed by atoms with Gasteiger partial charge in [-0.05, 0) is 17.7 Å². The molecule has 0 unspecified atom stereocenters. The third-order valence-corrected chi connectivity index (χ3v) is 4.74. The number of fused-ring (bicyclic) bond motifs is 1. The zero-order chi connectivity index (χ0) is 19.7. The molecule has 0 aliphatic carbocycles. The molecule has 4 rings (SSSR count). The maximum atomic E-state index is 10.3. The summed E-state index contributed by atoms with van der Waals surface area (Å²) < 4.78 is 12.3. The van der Waals surface area contributed by atoms with E-state index in [1.54, 1.807) is 7.11 Å². The number of aromatic nitrogens is 4. The minimum absolute atomic E-state index is 0.399. The molecular formula is C18H21N5O5. The molecule has 4 N–H and O–H groups in total. The van der Waals surface area contributed by atoms with Gasteiger partial charge in [-0.2, -0.15) is 0 Å². The van der Waals surface area contributed by atoms with E-state index in [2.05, 4.69) is 20.3 Å². The van der Waals surface area contributed by atoms with Gasteiger partial charge in [0.05, 0.1) is 20.0 Å². The largest absolute Gasteiger partial charge is 0.497 e. The van der Waals surface area contributed by atoms with E-state index in [0.29, 0.717) is 23.5 Å². The van der Waals surface area contributed by atoms with Crippen LogP contribution in [0.2, 0.25) is 0 Å². The molecule has 3 aromatic rings. The lowest BCUT2D eigenvalue weighted by atomic mass is 10.1. The maximum absolute atomic E-state index is 10.3. The van der Waals surface area contributed by atoms with Crippen LogP contribution in [0.1, 0.15) is 11.8 Å². The number of benzene rings is 1. The fourth-order valence-electron chi connectivity index (χ4n) is 3.25. The van der Waals surface area contributed by atoms with Crippen molar-refractivity contribution in [1.82, 2.24) is 19.5 Å². The number of hydrogen-bond acceptors (Lipinski definition) is 9. The number of aliphatic hydroxyl groups excluding tert-OH is 3. The van der Waals surface area contributed by atoms with E-state index in [0.717, 1.165) is 11.3 Å². The van der Waals surface area contributed by atoms with Gasteiger partial charge in [0.2, 0.25) is 0 Å². The van der Waals surface area contributed by atoms with Crippen LogP contribution < -0.4 is 10.1 Å². The molecule has 1 saturated heterocycles. The minimum atomic E-state index is -1.21. The minimum Gasteiger partial charge on any atom is -0.497 e. The van der Waals surface area contributed by atoms with E-state index in [4.69, 9.17) is 9.47 Å². The van der Waals surface area contributed by atoms with Crippen LogP contribution in [0.3, 0.4) is 0 Å². The van der Waals surface area contributed by atoms with Crippen LogP contribution in [0.25, 0.3) is 11.2 Å². The van der Waals surface area contributed by atoms with E-state index in [1.807, 2.05) is 24.3 Å². The van der Waals surface area contributed by atoms with Crippen molar-refractivity contribution in [1.29, 1.82) is 0 Å². The molecule has 4 atom stereocenters. The Bertz CT molecular complexity index is 964. The molecule has 10 heteroatoms. The van der Waals surface area contributed by atoms with Crippen LogP contribution in [0.15, 0.2) is 36.9 Å². The number of anilines is 1. The Balaban J connectivity index is 1.58. The molecule has 1 fully saturated rings. The molecule has 10 nitrogen and oxygen atoms in total. The number of aliphatic hydroxyl groups is 3. The molecule has 28 heavy (non-hydrogen) atoms. The SMILES string of the molecule is COc1cccc(CNc2ncnc3c2ncn3[C@@H]2O[C@H](CO)[C@H](O)[C@@H]2O)c1. The fraction of sp³-hybridized carbons (Fsp3) is 0.389. The third kappa shape index (κ3) is 3.27. The van der Waals surface area contributed by atoms with Gasteiger partial charge in [0.25, 0.3) is 0 Å². The van der Waals surface area contributed by atoms with Crippen molar-refractivity contribution in [3.63, 3.8) is 0 Å². The molecule has 1 aliphatic rings. The highest BCUT2D eigenvalue weighted by Gasteiger charge is 2.44. The van der Waals surface area contributed by atoms with Gasteiger partial charge in [0, 0.05) is 6.54 Å². The highest BCUT2D eigenvalue weighted by atomic mass is 16.6. The molecule has 3 heterocycles. The second-order valence-corrected chi connectivity index (χ2v) is 6.48. The summed E-state index contributed by atoms with van der Waals surface area (Å²) in [4.78, 5) is 12.8. The number of ether oxygens (including phenoxy) is 2. The summed E-state index contributed by atoms with van der Waals surface area (Å²) in [6.07, 6.45) is -1.33. The summed E-state index contributed by atoms with van der Waals surface area (Å²) in [6, 6.07) is 7.66. The normalized spacial score (nSPS) is 24.6. The van der Waals surface area contributed by atoms with Gasteiger partial charge < -0.3 is 30.1 Å². The summed E-state index contributed by atoms with van der Waals surface area (Å²) >= 11 is 0. The molecule has 1 aliphatic heterocycles. The van der Waals surface area contributed by atoms with Gasteiger partial charge in [-0.1, -0.05) is 12.1 Å². The van der Waals surface area contributed by atoms with Gasteiger partial charge in [0.1, 0.15) is 30.4 Å². The number of imidazole rings is 1. The Labute approximate surface area is 160 Å². The standard InChI is InChI=1S/C18H21N5O5/c1-27-11-4-2-3-10(5-11)6-19-16-13-17(21-8-20-16)23(9-22-13)18-15(26)14(25)12(7-24)28-18/h2-5,8-9,12,14-15,18,24-26H,6-7H2,1H3,(H,19,20,21)/t12-,14+,15+,18-/m1/s1. The van der Waals surface area contributed by atoms with E-state index in [9.17, 15) is 15.3 Å². The number of rotatable bonds is 6. The van der Waals surface area contributed by atoms with Crippen LogP contribution in [0, 0.1) is 0 Å². The van der Waals surface area contributed by atoms with Gasteiger partial charge in [-0.15, -0.1) is 0 Å². The van der Waals surface area contributed by atoms with Crippen molar-refractivity contribution in [2.75, 3.05) is 19.0 Å². The highest BCUT2D eigenvalue weighted by molar-refractivity contribution is 5.82. The van der Waals surface area contributed by atoms with Gasteiger partial charge in [-0.3, -0.25) is 4.57 Å². The fourth-order valence-corrected chi connectivity index (χ4v) is 3.25. The first-order chi connectivity index (χ1) is 13.6. The zero-order valence-electron chi connectivity index (χ0n) is 15.1. The topological polar surface area (TPSA) is 135 Å². The van der Waals surface area contributed by atoms with Crippen molar-refractivity contribution >= 4 is 17.0 Å². The van der Waals surface area contributed by atoms with Crippen LogP contribution in [0.5, 0.6) is 5.75 Å². The number of nitrogens with zero attached hydrogens (tertiary/aromatic N) is 4. The van der Waals surface area contributed by atoms with Crippen molar-refractivity contribution in [3.05, 3.63) is 42.5 Å². The lowest BCUT2D eigenvalue weighted by Gasteiger charge is -2.16. The predicted octanol–water partition coefficient (Wildman–Crippen LogP) is 0.0585. The average Bonchev–Trinajstić information content (AvgIpc) is 3.28. The van der Waals surface area contributed by atoms with Crippen LogP contribution in [0.4, 0.5) is 5.82 Å². The molecule has 148 valence electrons.